The lowest BCUT2D eigenvalue weighted by molar-refractivity contribution is -0.199. The average molecular weight is 403 g/mol. The molecule has 0 radical (unpaired) electrons. The minimum Gasteiger partial charge on any atom is -0.491 e. The molecule has 1 N–H and O–H groups in total. The van der Waals surface area contributed by atoms with E-state index in [0.29, 0.717) is 5.75 Å². The molecule has 1 rings (SSSR count). The topological polar surface area (TPSA) is 82.1 Å². The number of rotatable bonds is 11. The van der Waals surface area contributed by atoms with Gasteiger partial charge in [0.25, 0.3) is 0 Å². The first-order chi connectivity index (χ1) is 12.3. The highest BCUT2D eigenvalue weighted by molar-refractivity contribution is 7.86. The van der Waals surface area contributed by atoms with Crippen molar-refractivity contribution in [3.05, 3.63) is 30.3 Å². The molecular formula is C20H34O6S. The number of hydrogen-bond acceptors (Lipinski definition) is 5. The van der Waals surface area contributed by atoms with Gasteiger partial charge < -0.3 is 14.2 Å². The van der Waals surface area contributed by atoms with Crippen LogP contribution in [0, 0.1) is 10.8 Å². The summed E-state index contributed by atoms with van der Waals surface area (Å²) in [6.07, 6.45) is 0.740. The molecule has 6 nitrogen and oxygen atoms in total. The predicted molar refractivity (Wildman–Crippen MR) is 106 cm³/mol. The summed E-state index contributed by atoms with van der Waals surface area (Å²) < 4.78 is 51.0. The Hall–Kier alpha value is -1.15. The van der Waals surface area contributed by atoms with E-state index in [2.05, 4.69) is 20.8 Å². The highest BCUT2D eigenvalue weighted by atomic mass is 32.2. The fourth-order valence-electron chi connectivity index (χ4n) is 3.56. The Bertz CT molecular complexity index is 663. The summed E-state index contributed by atoms with van der Waals surface area (Å²) in [6.45, 7) is 12.0. The molecule has 0 aliphatic rings. The standard InChI is InChI=1S/C20H34O6S/c1-7-25-20(27(21,22)23,16-19(5,6)15-18(2,3)4)26-14-13-24-17-11-9-8-10-12-17/h8-12H,7,13-16H2,1-6H3,(H,21,22,23). The number of hydrogen-bond donors (Lipinski definition) is 1. The lowest BCUT2D eigenvalue weighted by atomic mass is 9.74. The largest absolute Gasteiger partial charge is 0.491 e. The van der Waals surface area contributed by atoms with E-state index < -0.39 is 20.7 Å². The van der Waals surface area contributed by atoms with E-state index in [4.69, 9.17) is 14.2 Å². The molecule has 0 spiro atoms. The van der Waals surface area contributed by atoms with Gasteiger partial charge in [0.05, 0.1) is 6.61 Å². The van der Waals surface area contributed by atoms with Crippen molar-refractivity contribution in [1.29, 1.82) is 0 Å². The minimum atomic E-state index is -4.62. The maximum atomic E-state index is 12.2. The normalized spacial score (nSPS) is 15.4. The fourth-order valence-corrected chi connectivity index (χ4v) is 4.63. The monoisotopic (exact) mass is 402 g/mol. The van der Waals surface area contributed by atoms with Crippen molar-refractivity contribution >= 4 is 10.1 Å². The van der Waals surface area contributed by atoms with E-state index >= 15 is 0 Å². The zero-order valence-corrected chi connectivity index (χ0v) is 18.1. The molecule has 0 fully saturated rings. The van der Waals surface area contributed by atoms with Crippen LogP contribution >= 0.6 is 0 Å². The van der Waals surface area contributed by atoms with Crippen molar-refractivity contribution in [1.82, 2.24) is 0 Å². The third-order valence-corrected chi connectivity index (χ3v) is 5.04. The molecule has 0 aliphatic heterocycles. The van der Waals surface area contributed by atoms with Crippen molar-refractivity contribution in [2.24, 2.45) is 10.8 Å². The summed E-state index contributed by atoms with van der Waals surface area (Å²) in [4.78, 5) is 0. The SMILES string of the molecule is CCOC(CC(C)(C)CC(C)(C)C)(OCCOc1ccccc1)S(=O)(=O)O. The molecule has 0 aliphatic carbocycles. The highest BCUT2D eigenvalue weighted by Gasteiger charge is 2.50. The van der Waals surface area contributed by atoms with Crippen molar-refractivity contribution in [2.45, 2.75) is 59.5 Å². The van der Waals surface area contributed by atoms with Gasteiger partial charge in [0.1, 0.15) is 12.4 Å². The Morgan fingerprint density at radius 2 is 1.52 bits per heavy atom. The second kappa shape index (κ2) is 9.37. The van der Waals surface area contributed by atoms with Gasteiger partial charge in [-0.25, -0.2) is 0 Å². The summed E-state index contributed by atoms with van der Waals surface area (Å²) in [5, 5.41) is -2.11. The van der Waals surface area contributed by atoms with Gasteiger partial charge in [-0.3, -0.25) is 4.55 Å². The van der Waals surface area contributed by atoms with Crippen LogP contribution in [0.4, 0.5) is 0 Å². The van der Waals surface area contributed by atoms with Gasteiger partial charge in [0.2, 0.25) is 0 Å². The summed E-state index contributed by atoms with van der Waals surface area (Å²) in [7, 11) is -4.62. The molecule has 0 amide bonds. The van der Waals surface area contributed by atoms with Gasteiger partial charge in [-0.15, -0.1) is 0 Å². The van der Waals surface area contributed by atoms with Crippen LogP contribution in [0.2, 0.25) is 0 Å². The van der Waals surface area contributed by atoms with Crippen LogP contribution in [0.25, 0.3) is 0 Å². The average Bonchev–Trinajstić information content (AvgIpc) is 2.48. The first kappa shape index (κ1) is 23.9. The fraction of sp³-hybridized carbons (Fsp3) is 0.700. The molecule has 0 bridgehead atoms. The molecule has 1 unspecified atom stereocenters. The number of benzene rings is 1. The molecule has 156 valence electrons. The summed E-state index contributed by atoms with van der Waals surface area (Å²) >= 11 is 0. The van der Waals surface area contributed by atoms with Gasteiger partial charge >= 0.3 is 15.2 Å². The van der Waals surface area contributed by atoms with Gasteiger partial charge in [-0.1, -0.05) is 52.8 Å². The summed E-state index contributed by atoms with van der Waals surface area (Å²) in [5.74, 6) is 0.656. The van der Waals surface area contributed by atoms with E-state index in [1.165, 1.54) is 0 Å². The van der Waals surface area contributed by atoms with E-state index in [0.717, 1.165) is 6.42 Å². The third kappa shape index (κ3) is 8.17. The molecule has 1 aromatic rings. The molecule has 0 heterocycles. The van der Waals surface area contributed by atoms with Gasteiger partial charge in [0, 0.05) is 13.0 Å². The molecule has 27 heavy (non-hydrogen) atoms. The molecular weight excluding hydrogens is 368 g/mol. The Morgan fingerprint density at radius 1 is 0.926 bits per heavy atom. The molecule has 0 saturated heterocycles. The first-order valence-corrected chi connectivity index (χ1v) is 10.7. The zero-order chi connectivity index (χ0) is 20.8. The molecule has 7 heteroatoms. The smallest absolute Gasteiger partial charge is 0.322 e. The van der Waals surface area contributed by atoms with Gasteiger partial charge in [-0.05, 0) is 36.3 Å². The van der Waals surface area contributed by atoms with Crippen LogP contribution in [0.3, 0.4) is 0 Å². The van der Waals surface area contributed by atoms with E-state index in [1.807, 2.05) is 32.0 Å². The second-order valence-electron chi connectivity index (χ2n) is 8.68. The quantitative estimate of drug-likeness (QED) is 0.333. The van der Waals surface area contributed by atoms with Crippen LogP contribution in [0.1, 0.15) is 54.4 Å². The highest BCUT2D eigenvalue weighted by Crippen LogP contribution is 2.42. The Kier molecular flexibility index (Phi) is 8.29. The van der Waals surface area contributed by atoms with Gasteiger partial charge in [-0.2, -0.15) is 8.42 Å². The molecule has 1 atom stereocenters. The van der Waals surface area contributed by atoms with Crippen molar-refractivity contribution < 1.29 is 27.2 Å². The lowest BCUT2D eigenvalue weighted by Gasteiger charge is -2.39. The molecule has 1 aromatic carbocycles. The Labute approximate surface area is 164 Å². The molecule has 0 aromatic heterocycles. The third-order valence-electron chi connectivity index (χ3n) is 3.88. The van der Waals surface area contributed by atoms with E-state index in [9.17, 15) is 13.0 Å². The lowest BCUT2D eigenvalue weighted by Crippen LogP contribution is -2.48. The van der Waals surface area contributed by atoms with Crippen molar-refractivity contribution in [3.63, 3.8) is 0 Å². The van der Waals surface area contributed by atoms with Crippen molar-refractivity contribution in [2.75, 3.05) is 19.8 Å². The predicted octanol–water partition coefficient (Wildman–Crippen LogP) is 4.51. The number of para-hydroxylation sites is 1. The summed E-state index contributed by atoms with van der Waals surface area (Å²) in [6, 6.07) is 9.15. The van der Waals surface area contributed by atoms with E-state index in [-0.39, 0.29) is 31.7 Å². The minimum absolute atomic E-state index is 0.00921. The van der Waals surface area contributed by atoms with Crippen molar-refractivity contribution in [3.8, 4) is 5.75 Å². The maximum absolute atomic E-state index is 12.2. The van der Waals surface area contributed by atoms with Crippen LogP contribution in [-0.2, 0) is 19.6 Å². The van der Waals surface area contributed by atoms with E-state index in [1.54, 1.807) is 19.1 Å². The summed E-state index contributed by atoms with van der Waals surface area (Å²) in [5.41, 5.74) is -0.458. The van der Waals surface area contributed by atoms with Gasteiger partial charge in [0.15, 0.2) is 0 Å². The maximum Gasteiger partial charge on any atom is 0.322 e. The number of ether oxygens (including phenoxy) is 3. The first-order valence-electron chi connectivity index (χ1n) is 9.23. The second-order valence-corrected chi connectivity index (χ2v) is 10.3. The zero-order valence-electron chi connectivity index (χ0n) is 17.3. The van der Waals surface area contributed by atoms with Crippen LogP contribution < -0.4 is 4.74 Å². The molecule has 0 saturated carbocycles. The Balaban J connectivity index is 2.91. The van der Waals surface area contributed by atoms with Crippen LogP contribution in [-0.4, -0.2) is 37.9 Å². The van der Waals surface area contributed by atoms with Crippen LogP contribution in [0.5, 0.6) is 5.75 Å². The van der Waals surface area contributed by atoms with Crippen LogP contribution in [0.15, 0.2) is 30.3 Å². The Morgan fingerprint density at radius 3 is 2.00 bits per heavy atom.